The summed E-state index contributed by atoms with van der Waals surface area (Å²) in [5.74, 6) is 1.55. The maximum Gasteiger partial charge on any atom is 0.0273 e. The van der Waals surface area contributed by atoms with Crippen LogP contribution in [-0.4, -0.2) is 0 Å². The van der Waals surface area contributed by atoms with E-state index in [4.69, 9.17) is 0 Å². The van der Waals surface area contributed by atoms with Gasteiger partial charge in [-0.15, -0.1) is 0 Å². The fraction of sp³-hybridized carbons (Fsp3) is 0.526. The van der Waals surface area contributed by atoms with Crippen molar-refractivity contribution in [3.63, 3.8) is 0 Å². The molecule has 0 atom stereocenters. The molecule has 0 nitrogen and oxygen atoms in total. The summed E-state index contributed by atoms with van der Waals surface area (Å²) in [6.07, 6.45) is 12.3. The molecule has 2 aliphatic rings. The molecule has 0 saturated heterocycles. The molecule has 1 radical (unpaired) electrons. The quantitative estimate of drug-likeness (QED) is 0.564. The maximum absolute atomic E-state index is 2.50. The van der Waals surface area contributed by atoms with Gasteiger partial charge in [0, 0.05) is 31.8 Å². The molecule has 0 spiro atoms. The first-order valence-corrected chi connectivity index (χ1v) is 7.91. The molecule has 0 aromatic heterocycles. The van der Waals surface area contributed by atoms with Crippen molar-refractivity contribution in [1.29, 1.82) is 0 Å². The summed E-state index contributed by atoms with van der Waals surface area (Å²) in [7, 11) is 0. The van der Waals surface area contributed by atoms with Gasteiger partial charge in [-0.25, -0.2) is 0 Å². The van der Waals surface area contributed by atoms with Gasteiger partial charge < -0.3 is 0 Å². The minimum Gasteiger partial charge on any atom is -0.0721 e. The van der Waals surface area contributed by atoms with Crippen molar-refractivity contribution in [3.8, 4) is 0 Å². The fourth-order valence-electron chi connectivity index (χ4n) is 3.84. The monoisotopic (exact) mass is 433 g/mol. The van der Waals surface area contributed by atoms with Crippen molar-refractivity contribution < 1.29 is 25.8 Å². The summed E-state index contributed by atoms with van der Waals surface area (Å²) < 4.78 is 0. The summed E-state index contributed by atoms with van der Waals surface area (Å²) in [6.45, 7) is 6.99. The normalized spacial score (nSPS) is 18.8. The van der Waals surface area contributed by atoms with E-state index in [0.29, 0.717) is 5.41 Å². The van der Waals surface area contributed by atoms with E-state index in [1.807, 2.05) is 0 Å². The van der Waals surface area contributed by atoms with Crippen LogP contribution in [0.1, 0.15) is 68.7 Å². The molecular formula is C19H25Hf. The fourth-order valence-corrected chi connectivity index (χ4v) is 3.84. The zero-order chi connectivity index (χ0) is 13.5. The molecule has 0 heterocycles. The minimum absolute atomic E-state index is 0. The molecule has 0 aliphatic heterocycles. The first kappa shape index (κ1) is 16.2. The molecule has 0 fully saturated rings. The van der Waals surface area contributed by atoms with Gasteiger partial charge in [-0.2, -0.15) is 0 Å². The number of allylic oxidation sites excluding steroid dienone is 1. The van der Waals surface area contributed by atoms with Gasteiger partial charge in [-0.1, -0.05) is 51.5 Å². The SMILES string of the molecule is CCC[C]1C=Cc2cc3c(cc21)CC(CC)(CC)C3.[Hf]. The van der Waals surface area contributed by atoms with Crippen LogP contribution in [0.5, 0.6) is 0 Å². The molecule has 105 valence electrons. The second-order valence-corrected chi connectivity index (χ2v) is 6.38. The van der Waals surface area contributed by atoms with Crippen LogP contribution in [0.2, 0.25) is 0 Å². The predicted octanol–water partition coefficient (Wildman–Crippen LogP) is 5.34. The molecule has 2 aliphatic carbocycles. The van der Waals surface area contributed by atoms with E-state index in [-0.39, 0.29) is 25.8 Å². The Hall–Kier alpha value is -0.170. The van der Waals surface area contributed by atoms with E-state index in [1.165, 1.54) is 49.7 Å². The van der Waals surface area contributed by atoms with Gasteiger partial charge >= 0.3 is 0 Å². The molecule has 1 heteroatoms. The molecule has 0 saturated carbocycles. The zero-order valence-electron chi connectivity index (χ0n) is 13.1. The Labute approximate surface area is 142 Å². The second kappa shape index (κ2) is 6.30. The Morgan fingerprint density at radius 1 is 0.950 bits per heavy atom. The topological polar surface area (TPSA) is 0 Å². The van der Waals surface area contributed by atoms with Crippen LogP contribution in [0.3, 0.4) is 0 Å². The van der Waals surface area contributed by atoms with Gasteiger partial charge in [-0.05, 0) is 59.8 Å². The molecule has 20 heavy (non-hydrogen) atoms. The van der Waals surface area contributed by atoms with Crippen LogP contribution in [0, 0.1) is 11.3 Å². The van der Waals surface area contributed by atoms with E-state index in [0.717, 1.165) is 0 Å². The third kappa shape index (κ3) is 2.63. The van der Waals surface area contributed by atoms with Crippen LogP contribution in [0.15, 0.2) is 18.2 Å². The molecule has 0 amide bonds. The van der Waals surface area contributed by atoms with Gasteiger partial charge in [0.15, 0.2) is 0 Å². The molecule has 0 bridgehead atoms. The third-order valence-electron chi connectivity index (χ3n) is 5.33. The van der Waals surface area contributed by atoms with Gasteiger partial charge in [0.1, 0.15) is 0 Å². The molecule has 3 rings (SSSR count). The van der Waals surface area contributed by atoms with E-state index in [2.05, 4.69) is 45.1 Å². The van der Waals surface area contributed by atoms with Crippen LogP contribution >= 0.6 is 0 Å². The zero-order valence-corrected chi connectivity index (χ0v) is 16.6. The average Bonchev–Trinajstić information content (AvgIpc) is 2.98. The maximum atomic E-state index is 2.50. The van der Waals surface area contributed by atoms with E-state index >= 15 is 0 Å². The largest absolute Gasteiger partial charge is 0.0721 e. The number of benzene rings is 1. The standard InChI is InChI=1S/C19H25.Hf/c1-4-7-14-8-9-15-10-16-12-19(5-2,6-3)13-17(16)11-18(14)15;/h8-11H,4-7,12-13H2,1-3H3;. The summed E-state index contributed by atoms with van der Waals surface area (Å²) in [5, 5.41) is 0. The third-order valence-corrected chi connectivity index (χ3v) is 5.33. The van der Waals surface area contributed by atoms with Crippen molar-refractivity contribution in [2.75, 3.05) is 0 Å². The van der Waals surface area contributed by atoms with Gasteiger partial charge in [-0.3, -0.25) is 0 Å². The number of hydrogen-bond donors (Lipinski definition) is 0. The van der Waals surface area contributed by atoms with Gasteiger partial charge in [0.05, 0.1) is 0 Å². The molecular weight excluding hydrogens is 407 g/mol. The van der Waals surface area contributed by atoms with Gasteiger partial charge in [0.25, 0.3) is 0 Å². The molecule has 0 unspecified atom stereocenters. The Balaban J connectivity index is 0.00000147. The number of rotatable bonds is 4. The Morgan fingerprint density at radius 2 is 1.60 bits per heavy atom. The Bertz CT molecular complexity index is 509. The summed E-state index contributed by atoms with van der Waals surface area (Å²) in [6, 6.07) is 4.97. The molecule has 1 aromatic carbocycles. The number of hydrogen-bond acceptors (Lipinski definition) is 0. The average molecular weight is 432 g/mol. The number of fused-ring (bicyclic) bond motifs is 2. The summed E-state index contributed by atoms with van der Waals surface area (Å²) >= 11 is 0. The Morgan fingerprint density at radius 3 is 2.20 bits per heavy atom. The van der Waals surface area contributed by atoms with E-state index in [1.54, 1.807) is 17.0 Å². The van der Waals surface area contributed by atoms with Crippen LogP contribution in [0.4, 0.5) is 0 Å². The second-order valence-electron chi connectivity index (χ2n) is 6.38. The predicted molar refractivity (Wildman–Crippen MR) is 83.2 cm³/mol. The first-order chi connectivity index (χ1) is 9.21. The summed E-state index contributed by atoms with van der Waals surface area (Å²) in [5.41, 5.74) is 6.77. The van der Waals surface area contributed by atoms with E-state index < -0.39 is 0 Å². The minimum atomic E-state index is 0. The molecule has 1 aromatic rings. The van der Waals surface area contributed by atoms with Gasteiger partial charge in [0.2, 0.25) is 0 Å². The van der Waals surface area contributed by atoms with Crippen molar-refractivity contribution in [1.82, 2.24) is 0 Å². The van der Waals surface area contributed by atoms with Crippen LogP contribution in [-0.2, 0) is 38.7 Å². The van der Waals surface area contributed by atoms with Crippen molar-refractivity contribution >= 4 is 6.08 Å². The summed E-state index contributed by atoms with van der Waals surface area (Å²) in [4.78, 5) is 0. The molecule has 0 N–H and O–H groups in total. The van der Waals surface area contributed by atoms with Crippen LogP contribution < -0.4 is 0 Å². The van der Waals surface area contributed by atoms with Crippen molar-refractivity contribution in [2.45, 2.75) is 59.3 Å². The van der Waals surface area contributed by atoms with Crippen molar-refractivity contribution in [3.05, 3.63) is 46.4 Å². The van der Waals surface area contributed by atoms with Crippen molar-refractivity contribution in [2.24, 2.45) is 5.41 Å². The van der Waals surface area contributed by atoms with Crippen LogP contribution in [0.25, 0.3) is 6.08 Å². The first-order valence-electron chi connectivity index (χ1n) is 7.91. The Kier molecular flexibility index (Phi) is 5.10. The smallest absolute Gasteiger partial charge is 0.0273 e. The van der Waals surface area contributed by atoms with E-state index in [9.17, 15) is 0 Å².